The van der Waals surface area contributed by atoms with Crippen LogP contribution in [0.4, 0.5) is 11.4 Å². The van der Waals surface area contributed by atoms with Crippen molar-refractivity contribution in [2.45, 2.75) is 6.92 Å². The highest BCUT2D eigenvalue weighted by molar-refractivity contribution is 7.12. The molecule has 0 saturated heterocycles. The number of nitrogens with two attached hydrogens (primary N) is 1. The summed E-state index contributed by atoms with van der Waals surface area (Å²) < 4.78 is 4.69. The van der Waals surface area contributed by atoms with Crippen molar-refractivity contribution in [3.63, 3.8) is 0 Å². The smallest absolute Gasteiger partial charge is 0.350 e. The third-order valence-corrected chi connectivity index (χ3v) is 4.16. The molecular weight excluding hydrogens is 312 g/mol. The second kappa shape index (κ2) is 6.15. The van der Waals surface area contributed by atoms with Crippen LogP contribution in [0.1, 0.15) is 25.6 Å². The van der Waals surface area contributed by atoms with Crippen LogP contribution >= 0.6 is 22.9 Å². The zero-order valence-corrected chi connectivity index (χ0v) is 13.0. The van der Waals surface area contributed by atoms with Crippen LogP contribution in [0.2, 0.25) is 5.02 Å². The lowest BCUT2D eigenvalue weighted by atomic mass is 10.1. The fraction of sp³-hybridized carbons (Fsp3) is 0.143. The van der Waals surface area contributed by atoms with Gasteiger partial charge in [0.2, 0.25) is 0 Å². The molecule has 2 aromatic rings. The Morgan fingerprint density at radius 3 is 2.76 bits per heavy atom. The van der Waals surface area contributed by atoms with Gasteiger partial charge >= 0.3 is 5.97 Å². The van der Waals surface area contributed by atoms with E-state index in [1.165, 1.54) is 24.5 Å². The molecule has 0 radical (unpaired) electrons. The summed E-state index contributed by atoms with van der Waals surface area (Å²) in [4.78, 5) is 24.3. The molecule has 1 aromatic heterocycles. The molecule has 7 heteroatoms. The molecule has 1 amide bonds. The summed E-state index contributed by atoms with van der Waals surface area (Å²) in [6.07, 6.45) is 0. The minimum atomic E-state index is -0.498. The molecule has 0 aliphatic heterocycles. The second-order valence-corrected chi connectivity index (χ2v) is 5.62. The predicted octanol–water partition coefficient (Wildman–Crippen LogP) is 3.33. The van der Waals surface area contributed by atoms with E-state index in [2.05, 4.69) is 5.32 Å². The lowest BCUT2D eigenvalue weighted by Crippen LogP contribution is -2.16. The molecule has 0 bridgehead atoms. The van der Waals surface area contributed by atoms with Gasteiger partial charge in [-0.15, -0.1) is 11.3 Å². The predicted molar refractivity (Wildman–Crippen MR) is 84.2 cm³/mol. The molecule has 3 N–H and O–H groups in total. The first-order chi connectivity index (χ1) is 9.93. The van der Waals surface area contributed by atoms with Gasteiger partial charge in [0.25, 0.3) is 5.91 Å². The maximum absolute atomic E-state index is 12.3. The molecule has 2 rings (SSSR count). The van der Waals surface area contributed by atoms with Crippen molar-refractivity contribution in [1.29, 1.82) is 0 Å². The number of rotatable bonds is 3. The van der Waals surface area contributed by atoms with Gasteiger partial charge in [-0.25, -0.2) is 4.79 Å². The Balaban J connectivity index is 2.34. The van der Waals surface area contributed by atoms with E-state index in [0.29, 0.717) is 21.3 Å². The van der Waals surface area contributed by atoms with Crippen LogP contribution in [0.3, 0.4) is 0 Å². The number of ether oxygens (including phenoxy) is 1. The van der Waals surface area contributed by atoms with Gasteiger partial charge in [-0.1, -0.05) is 11.6 Å². The Labute approximate surface area is 130 Å². The third kappa shape index (κ3) is 3.17. The molecule has 21 heavy (non-hydrogen) atoms. The zero-order valence-electron chi connectivity index (χ0n) is 11.4. The Morgan fingerprint density at radius 1 is 1.38 bits per heavy atom. The Hall–Kier alpha value is -2.05. The van der Waals surface area contributed by atoms with E-state index in [1.54, 1.807) is 24.4 Å². The number of nitrogens with one attached hydrogen (secondary N) is 1. The van der Waals surface area contributed by atoms with Gasteiger partial charge in [0.15, 0.2) is 0 Å². The lowest BCUT2D eigenvalue weighted by Gasteiger charge is -2.09. The average Bonchev–Trinajstić information content (AvgIpc) is 2.82. The molecule has 5 nitrogen and oxygen atoms in total. The quantitative estimate of drug-likeness (QED) is 0.670. The van der Waals surface area contributed by atoms with Crippen molar-refractivity contribution >= 4 is 46.2 Å². The Bertz CT molecular complexity index is 712. The normalized spacial score (nSPS) is 10.2. The standard InChI is InChI=1S/C14H13ClN2O3S/c1-7-6-21-12(14(19)20-2)11(7)17-13(18)9-5-8(15)3-4-10(9)16/h3-6H,16H2,1-2H3,(H,17,18). The van der Waals surface area contributed by atoms with Gasteiger partial charge in [-0.2, -0.15) is 0 Å². The summed E-state index contributed by atoms with van der Waals surface area (Å²) in [5.74, 6) is -0.927. The number of benzene rings is 1. The number of carbonyl (C=O) groups excluding carboxylic acids is 2. The highest BCUT2D eigenvalue weighted by Crippen LogP contribution is 2.29. The van der Waals surface area contributed by atoms with E-state index >= 15 is 0 Å². The van der Waals surface area contributed by atoms with Crippen LogP contribution in [0.15, 0.2) is 23.6 Å². The van der Waals surface area contributed by atoms with Gasteiger partial charge in [0.05, 0.1) is 18.4 Å². The van der Waals surface area contributed by atoms with E-state index in [4.69, 9.17) is 22.1 Å². The SMILES string of the molecule is COC(=O)c1scc(C)c1NC(=O)c1cc(Cl)ccc1N. The highest BCUT2D eigenvalue weighted by atomic mass is 35.5. The number of nitrogen functional groups attached to an aromatic ring is 1. The lowest BCUT2D eigenvalue weighted by molar-refractivity contribution is 0.0607. The first-order valence-corrected chi connectivity index (χ1v) is 7.22. The summed E-state index contributed by atoms with van der Waals surface area (Å²) in [5.41, 5.74) is 7.54. The van der Waals surface area contributed by atoms with Gasteiger partial charge < -0.3 is 15.8 Å². The maximum atomic E-state index is 12.3. The molecule has 0 aliphatic rings. The Kier molecular flexibility index (Phi) is 4.50. The number of esters is 1. The maximum Gasteiger partial charge on any atom is 0.350 e. The third-order valence-electron chi connectivity index (χ3n) is 2.84. The molecule has 0 unspecified atom stereocenters. The molecule has 1 heterocycles. The number of halogens is 1. The monoisotopic (exact) mass is 324 g/mol. The van der Waals surface area contributed by atoms with Crippen molar-refractivity contribution < 1.29 is 14.3 Å². The van der Waals surface area contributed by atoms with Gasteiger partial charge in [-0.05, 0) is 36.1 Å². The van der Waals surface area contributed by atoms with Crippen LogP contribution in [0.5, 0.6) is 0 Å². The molecule has 0 atom stereocenters. The van der Waals surface area contributed by atoms with Crippen LogP contribution in [0.25, 0.3) is 0 Å². The van der Waals surface area contributed by atoms with Gasteiger partial charge in [0.1, 0.15) is 4.88 Å². The molecular formula is C14H13ClN2O3S. The van der Waals surface area contributed by atoms with Crippen molar-refractivity contribution in [2.75, 3.05) is 18.2 Å². The summed E-state index contributed by atoms with van der Waals surface area (Å²) in [5, 5.41) is 4.86. The topological polar surface area (TPSA) is 81.4 Å². The first-order valence-electron chi connectivity index (χ1n) is 5.96. The van der Waals surface area contributed by atoms with E-state index < -0.39 is 11.9 Å². The van der Waals surface area contributed by atoms with Crippen molar-refractivity contribution in [2.24, 2.45) is 0 Å². The van der Waals surface area contributed by atoms with Crippen LogP contribution < -0.4 is 11.1 Å². The van der Waals surface area contributed by atoms with E-state index in [1.807, 2.05) is 0 Å². The number of aryl methyl sites for hydroxylation is 1. The molecule has 0 aliphatic carbocycles. The van der Waals surface area contributed by atoms with E-state index in [9.17, 15) is 9.59 Å². The minimum Gasteiger partial charge on any atom is -0.465 e. The fourth-order valence-electron chi connectivity index (χ4n) is 1.75. The molecule has 0 saturated carbocycles. The van der Waals surface area contributed by atoms with Crippen LogP contribution in [0, 0.1) is 6.92 Å². The van der Waals surface area contributed by atoms with Crippen LogP contribution in [-0.2, 0) is 4.74 Å². The number of anilines is 2. The number of hydrogen-bond acceptors (Lipinski definition) is 5. The zero-order chi connectivity index (χ0) is 15.6. The largest absolute Gasteiger partial charge is 0.465 e. The summed E-state index contributed by atoms with van der Waals surface area (Å²) >= 11 is 7.08. The summed E-state index contributed by atoms with van der Waals surface area (Å²) in [7, 11) is 1.29. The Morgan fingerprint density at radius 2 is 2.10 bits per heavy atom. The fourth-order valence-corrected chi connectivity index (χ4v) is 2.84. The van der Waals surface area contributed by atoms with E-state index in [0.717, 1.165) is 5.56 Å². The van der Waals surface area contributed by atoms with Crippen molar-refractivity contribution in [3.05, 3.63) is 44.6 Å². The second-order valence-electron chi connectivity index (χ2n) is 4.30. The summed E-state index contributed by atoms with van der Waals surface area (Å²) in [6.45, 7) is 1.79. The number of amides is 1. The highest BCUT2D eigenvalue weighted by Gasteiger charge is 2.20. The molecule has 110 valence electrons. The molecule has 1 aromatic carbocycles. The first kappa shape index (κ1) is 15.3. The van der Waals surface area contributed by atoms with Crippen molar-refractivity contribution in [1.82, 2.24) is 0 Å². The molecule has 0 fully saturated rings. The van der Waals surface area contributed by atoms with Crippen LogP contribution in [-0.4, -0.2) is 19.0 Å². The van der Waals surface area contributed by atoms with Crippen molar-refractivity contribution in [3.8, 4) is 0 Å². The van der Waals surface area contributed by atoms with Gasteiger partial charge in [-0.3, -0.25) is 4.79 Å². The average molecular weight is 325 g/mol. The minimum absolute atomic E-state index is 0.254. The molecule has 0 spiro atoms. The van der Waals surface area contributed by atoms with E-state index in [-0.39, 0.29) is 5.56 Å². The number of carbonyl (C=O) groups is 2. The number of methoxy groups -OCH3 is 1. The van der Waals surface area contributed by atoms with Gasteiger partial charge in [0, 0.05) is 10.7 Å². The number of thiophene rings is 1. The summed E-state index contributed by atoms with van der Waals surface area (Å²) in [6, 6.07) is 4.63. The number of hydrogen-bond donors (Lipinski definition) is 2.